The van der Waals surface area contributed by atoms with Gasteiger partial charge in [-0.3, -0.25) is 4.79 Å². The van der Waals surface area contributed by atoms with Gasteiger partial charge in [-0.2, -0.15) is 0 Å². The van der Waals surface area contributed by atoms with E-state index in [1.165, 1.54) is 18.4 Å². The van der Waals surface area contributed by atoms with Crippen LogP contribution in [0.25, 0.3) is 0 Å². The molecule has 0 spiro atoms. The standard InChI is InChI=1S/C27H40N4O3/c1-6-8-9-16-31(5)17-15-29-26(32)22-13-14-25(24(19-22)30-27(33)28-7-2)34-23-12-10-11-20(3)21(4)18-23/h10-14,18-20H,6-9,15-17H2,1-5H3,(H,29,32)(H2,28,30,33). The molecule has 1 aromatic carbocycles. The van der Waals surface area contributed by atoms with Crippen LogP contribution in [-0.2, 0) is 0 Å². The fourth-order valence-electron chi connectivity index (χ4n) is 3.45. The molecule has 7 heteroatoms. The van der Waals surface area contributed by atoms with E-state index in [0.29, 0.717) is 41.8 Å². The van der Waals surface area contributed by atoms with E-state index < -0.39 is 0 Å². The van der Waals surface area contributed by atoms with Crippen molar-refractivity contribution in [3.05, 3.63) is 59.4 Å². The lowest BCUT2D eigenvalue weighted by Crippen LogP contribution is -2.33. The second-order valence-electron chi connectivity index (χ2n) is 8.69. The van der Waals surface area contributed by atoms with E-state index in [1.54, 1.807) is 18.2 Å². The molecule has 0 aliphatic heterocycles. The Morgan fingerprint density at radius 3 is 2.65 bits per heavy atom. The molecule has 0 bridgehead atoms. The van der Waals surface area contributed by atoms with Gasteiger partial charge in [-0.05, 0) is 70.1 Å². The summed E-state index contributed by atoms with van der Waals surface area (Å²) in [6.07, 6.45) is 11.5. The lowest BCUT2D eigenvalue weighted by atomic mass is 10.0. The maximum Gasteiger partial charge on any atom is 0.319 e. The summed E-state index contributed by atoms with van der Waals surface area (Å²) >= 11 is 0. The zero-order valence-electron chi connectivity index (χ0n) is 21.2. The number of unbranched alkanes of at least 4 members (excludes halogenated alkanes) is 2. The quantitative estimate of drug-likeness (QED) is 0.373. The van der Waals surface area contributed by atoms with Crippen LogP contribution in [0.3, 0.4) is 0 Å². The summed E-state index contributed by atoms with van der Waals surface area (Å²) in [7, 11) is 2.07. The summed E-state index contributed by atoms with van der Waals surface area (Å²) in [4.78, 5) is 27.2. The van der Waals surface area contributed by atoms with Crippen molar-refractivity contribution < 1.29 is 14.3 Å². The lowest BCUT2D eigenvalue weighted by Gasteiger charge is -2.17. The maximum absolute atomic E-state index is 12.7. The summed E-state index contributed by atoms with van der Waals surface area (Å²) in [5.74, 6) is 1.27. The van der Waals surface area contributed by atoms with Crippen LogP contribution in [0.15, 0.2) is 53.8 Å². The molecular formula is C27H40N4O3. The molecule has 1 unspecified atom stereocenters. The number of urea groups is 1. The first-order valence-corrected chi connectivity index (χ1v) is 12.2. The van der Waals surface area contributed by atoms with Gasteiger partial charge in [0.1, 0.15) is 5.76 Å². The molecule has 0 saturated heterocycles. The van der Waals surface area contributed by atoms with Crippen molar-refractivity contribution in [2.45, 2.75) is 47.0 Å². The number of hydrogen-bond donors (Lipinski definition) is 3. The first-order valence-electron chi connectivity index (χ1n) is 12.2. The molecule has 0 fully saturated rings. The predicted octanol–water partition coefficient (Wildman–Crippen LogP) is 5.09. The molecule has 0 aromatic heterocycles. The van der Waals surface area contributed by atoms with Crippen LogP contribution in [0.5, 0.6) is 5.75 Å². The molecule has 3 N–H and O–H groups in total. The molecule has 0 radical (unpaired) electrons. The molecule has 0 heterocycles. The van der Waals surface area contributed by atoms with Gasteiger partial charge in [0.25, 0.3) is 5.91 Å². The Morgan fingerprint density at radius 1 is 1.12 bits per heavy atom. The SMILES string of the molecule is CCCCCN(C)CCNC(=O)c1ccc(OC2=CC=CC(C)C(C)=C2)c(NC(=O)NCC)c1. The smallest absolute Gasteiger partial charge is 0.319 e. The van der Waals surface area contributed by atoms with Crippen molar-refractivity contribution in [1.29, 1.82) is 0 Å². The number of hydrogen-bond acceptors (Lipinski definition) is 4. The van der Waals surface area contributed by atoms with Crippen LogP contribution >= 0.6 is 0 Å². The molecule has 1 atom stereocenters. The fraction of sp³-hybridized carbons (Fsp3) is 0.481. The van der Waals surface area contributed by atoms with Crippen molar-refractivity contribution in [3.8, 4) is 5.75 Å². The molecule has 7 nitrogen and oxygen atoms in total. The number of rotatable bonds is 12. The largest absolute Gasteiger partial charge is 0.455 e. The van der Waals surface area contributed by atoms with E-state index in [4.69, 9.17) is 4.74 Å². The van der Waals surface area contributed by atoms with E-state index in [-0.39, 0.29) is 11.9 Å². The second-order valence-corrected chi connectivity index (χ2v) is 8.69. The molecule has 1 aromatic rings. The molecule has 2 rings (SSSR count). The highest BCUT2D eigenvalue weighted by atomic mass is 16.5. The van der Waals surface area contributed by atoms with Crippen molar-refractivity contribution in [2.24, 2.45) is 5.92 Å². The van der Waals surface area contributed by atoms with E-state index in [1.807, 2.05) is 25.2 Å². The Morgan fingerprint density at radius 2 is 1.91 bits per heavy atom. The third-order valence-corrected chi connectivity index (χ3v) is 5.73. The van der Waals surface area contributed by atoms with Gasteiger partial charge in [0, 0.05) is 25.2 Å². The van der Waals surface area contributed by atoms with Crippen molar-refractivity contribution in [2.75, 3.05) is 38.5 Å². The number of likely N-dealkylation sites (N-methyl/N-ethyl adjacent to an activating group) is 1. The third kappa shape index (κ3) is 9.06. The van der Waals surface area contributed by atoms with Gasteiger partial charge in [-0.25, -0.2) is 4.79 Å². The summed E-state index contributed by atoms with van der Waals surface area (Å²) in [6, 6.07) is 4.73. The summed E-state index contributed by atoms with van der Waals surface area (Å²) in [5, 5.41) is 8.49. The first-order chi connectivity index (χ1) is 16.3. The minimum atomic E-state index is -0.353. The second kappa shape index (κ2) is 14.3. The maximum atomic E-state index is 12.7. The number of anilines is 1. The Hall–Kier alpha value is -3.06. The first kappa shape index (κ1) is 27.2. The van der Waals surface area contributed by atoms with Crippen LogP contribution < -0.4 is 20.7 Å². The predicted molar refractivity (Wildman–Crippen MR) is 139 cm³/mol. The van der Waals surface area contributed by atoms with Gasteiger partial charge in [0.05, 0.1) is 5.69 Å². The average molecular weight is 469 g/mol. The number of nitrogens with one attached hydrogen (secondary N) is 3. The topological polar surface area (TPSA) is 82.7 Å². The normalized spacial score (nSPS) is 15.3. The Labute approximate surface area is 204 Å². The van der Waals surface area contributed by atoms with Crippen LogP contribution in [0, 0.1) is 5.92 Å². The minimum Gasteiger partial charge on any atom is -0.455 e. The number of allylic oxidation sites excluding steroid dienone is 5. The molecule has 0 saturated carbocycles. The number of carbonyl (C=O) groups excluding carboxylic acids is 2. The minimum absolute atomic E-state index is 0.186. The van der Waals surface area contributed by atoms with Gasteiger partial charge < -0.3 is 25.6 Å². The van der Waals surface area contributed by atoms with Crippen LogP contribution in [0.4, 0.5) is 10.5 Å². The number of carbonyl (C=O) groups is 2. The molecule has 186 valence electrons. The zero-order valence-corrected chi connectivity index (χ0v) is 21.2. The molecule has 1 aliphatic rings. The van der Waals surface area contributed by atoms with Gasteiger partial charge in [0.15, 0.2) is 5.75 Å². The summed E-state index contributed by atoms with van der Waals surface area (Å²) in [6.45, 7) is 11.1. The fourth-order valence-corrected chi connectivity index (χ4v) is 3.45. The van der Waals surface area contributed by atoms with Gasteiger partial charge in [-0.1, -0.05) is 44.4 Å². The Kier molecular flexibility index (Phi) is 11.4. The number of benzene rings is 1. The molecule has 1 aliphatic carbocycles. The van der Waals surface area contributed by atoms with Crippen LogP contribution in [0.1, 0.15) is 57.3 Å². The van der Waals surface area contributed by atoms with Crippen LogP contribution in [-0.4, -0.2) is 50.1 Å². The summed E-state index contributed by atoms with van der Waals surface area (Å²) in [5.41, 5.74) is 2.07. The highest BCUT2D eigenvalue weighted by Gasteiger charge is 2.15. The van der Waals surface area contributed by atoms with Gasteiger partial charge >= 0.3 is 6.03 Å². The van der Waals surface area contributed by atoms with E-state index in [2.05, 4.69) is 54.7 Å². The Balaban J connectivity index is 2.11. The number of amides is 3. The molecular weight excluding hydrogens is 428 g/mol. The number of ether oxygens (including phenoxy) is 1. The zero-order chi connectivity index (χ0) is 24.9. The average Bonchev–Trinajstić information content (AvgIpc) is 2.95. The highest BCUT2D eigenvalue weighted by Crippen LogP contribution is 2.29. The highest BCUT2D eigenvalue weighted by molar-refractivity contribution is 5.98. The van der Waals surface area contributed by atoms with Crippen molar-refractivity contribution in [3.63, 3.8) is 0 Å². The molecule has 34 heavy (non-hydrogen) atoms. The van der Waals surface area contributed by atoms with Gasteiger partial charge in [-0.15, -0.1) is 0 Å². The summed E-state index contributed by atoms with van der Waals surface area (Å²) < 4.78 is 6.11. The van der Waals surface area contributed by atoms with Crippen LogP contribution in [0.2, 0.25) is 0 Å². The third-order valence-electron chi connectivity index (χ3n) is 5.73. The Bertz CT molecular complexity index is 920. The monoisotopic (exact) mass is 468 g/mol. The number of nitrogens with zero attached hydrogens (tertiary/aromatic N) is 1. The van der Waals surface area contributed by atoms with E-state index >= 15 is 0 Å². The van der Waals surface area contributed by atoms with Crippen molar-refractivity contribution >= 4 is 17.6 Å². The lowest BCUT2D eigenvalue weighted by molar-refractivity contribution is 0.0949. The van der Waals surface area contributed by atoms with E-state index in [0.717, 1.165) is 19.5 Å². The van der Waals surface area contributed by atoms with Crippen molar-refractivity contribution in [1.82, 2.24) is 15.5 Å². The van der Waals surface area contributed by atoms with Gasteiger partial charge in [0.2, 0.25) is 0 Å². The molecule has 3 amide bonds. The van der Waals surface area contributed by atoms with E-state index in [9.17, 15) is 9.59 Å².